The van der Waals surface area contributed by atoms with Gasteiger partial charge in [0.25, 0.3) is 0 Å². The summed E-state index contributed by atoms with van der Waals surface area (Å²) in [6, 6.07) is 19.4. The Bertz CT molecular complexity index is 934. The fourth-order valence-corrected chi connectivity index (χ4v) is 4.04. The lowest BCUT2D eigenvalue weighted by Gasteiger charge is -2.06. The molecule has 0 saturated carbocycles. The molecule has 0 aliphatic rings. The van der Waals surface area contributed by atoms with Gasteiger partial charge in [-0.2, -0.15) is 5.10 Å². The van der Waals surface area contributed by atoms with E-state index in [1.54, 1.807) is 24.4 Å². The number of carbonyl (C=O) groups excluding carboxylic acids is 1. The summed E-state index contributed by atoms with van der Waals surface area (Å²) in [5, 5.41) is 7.51. The van der Waals surface area contributed by atoms with Crippen molar-refractivity contribution in [3.63, 3.8) is 0 Å². The Hall–Kier alpha value is -2.01. The van der Waals surface area contributed by atoms with Crippen LogP contribution in [-0.4, -0.2) is 17.9 Å². The van der Waals surface area contributed by atoms with Crippen LogP contribution in [0.4, 0.5) is 0 Å². The Morgan fingerprint density at radius 2 is 1.69 bits per heavy atom. The van der Waals surface area contributed by atoms with E-state index >= 15 is 0 Å². The molecule has 132 valence electrons. The van der Waals surface area contributed by atoms with Gasteiger partial charge in [-0.3, -0.25) is 4.79 Å². The molecule has 0 atom stereocenters. The van der Waals surface area contributed by atoms with Gasteiger partial charge in [0, 0.05) is 21.4 Å². The van der Waals surface area contributed by atoms with E-state index in [2.05, 4.69) is 10.5 Å². The summed E-state index contributed by atoms with van der Waals surface area (Å²) in [6.07, 6.45) is 1.66. The van der Waals surface area contributed by atoms with Gasteiger partial charge in [-0.15, -0.1) is 11.8 Å². The van der Waals surface area contributed by atoms with Gasteiger partial charge in [0.2, 0.25) is 5.91 Å². The largest absolute Gasteiger partial charge is 0.272 e. The summed E-state index contributed by atoms with van der Waals surface area (Å²) in [7, 11) is 0. The molecule has 0 fully saturated rings. The van der Waals surface area contributed by atoms with Gasteiger partial charge in [0.15, 0.2) is 0 Å². The van der Waals surface area contributed by atoms with Crippen molar-refractivity contribution in [1.29, 1.82) is 0 Å². The molecule has 0 aromatic heterocycles. The number of hydrogen-bond acceptors (Lipinski definition) is 3. The lowest BCUT2D eigenvalue weighted by atomic mass is 10.1. The summed E-state index contributed by atoms with van der Waals surface area (Å²) in [5.74, 6) is 0.669. The Kier molecular flexibility index (Phi) is 6.56. The first-order chi connectivity index (χ1) is 12.6. The zero-order chi connectivity index (χ0) is 18.4. The molecule has 26 heavy (non-hydrogen) atoms. The number of fused-ring (bicyclic) bond motifs is 1. The second-order valence-electron chi connectivity index (χ2n) is 5.55. The Balaban J connectivity index is 1.53. The van der Waals surface area contributed by atoms with Crippen molar-refractivity contribution in [1.82, 2.24) is 5.43 Å². The van der Waals surface area contributed by atoms with E-state index in [-0.39, 0.29) is 11.7 Å². The molecule has 3 aromatic rings. The maximum absolute atomic E-state index is 11.9. The molecule has 0 saturated heterocycles. The van der Waals surface area contributed by atoms with Crippen LogP contribution in [-0.2, 0) is 10.5 Å². The molecule has 3 aromatic carbocycles. The summed E-state index contributed by atoms with van der Waals surface area (Å²) in [6.45, 7) is 0. The molecule has 0 bridgehead atoms. The summed E-state index contributed by atoms with van der Waals surface area (Å²) in [5.41, 5.74) is 4.35. The van der Waals surface area contributed by atoms with Crippen molar-refractivity contribution in [2.75, 3.05) is 5.75 Å². The highest BCUT2D eigenvalue weighted by Crippen LogP contribution is 2.28. The molecule has 0 aliphatic carbocycles. The van der Waals surface area contributed by atoms with E-state index in [1.807, 2.05) is 42.5 Å². The van der Waals surface area contributed by atoms with Gasteiger partial charge in [0.1, 0.15) is 0 Å². The molecule has 6 heteroatoms. The zero-order valence-electron chi connectivity index (χ0n) is 13.8. The van der Waals surface area contributed by atoms with Crippen molar-refractivity contribution in [3.05, 3.63) is 81.8 Å². The smallest absolute Gasteiger partial charge is 0.250 e. The normalized spacial score (nSPS) is 11.2. The van der Waals surface area contributed by atoms with E-state index in [4.69, 9.17) is 23.2 Å². The van der Waals surface area contributed by atoms with Crippen LogP contribution >= 0.6 is 35.0 Å². The number of rotatable bonds is 6. The minimum absolute atomic E-state index is 0.172. The molecule has 0 spiro atoms. The maximum Gasteiger partial charge on any atom is 0.250 e. The summed E-state index contributed by atoms with van der Waals surface area (Å²) < 4.78 is 0. The molecule has 0 aliphatic heterocycles. The van der Waals surface area contributed by atoms with Crippen molar-refractivity contribution in [2.45, 2.75) is 5.75 Å². The number of hydrogen-bond donors (Lipinski definition) is 1. The van der Waals surface area contributed by atoms with Crippen molar-refractivity contribution in [2.24, 2.45) is 5.10 Å². The molecule has 1 N–H and O–H groups in total. The van der Waals surface area contributed by atoms with Crippen LogP contribution < -0.4 is 5.43 Å². The highest BCUT2D eigenvalue weighted by molar-refractivity contribution is 7.99. The predicted octanol–water partition coefficient (Wildman–Crippen LogP) is 5.53. The zero-order valence-corrected chi connectivity index (χ0v) is 16.1. The molecule has 0 radical (unpaired) electrons. The van der Waals surface area contributed by atoms with Crippen LogP contribution in [0.1, 0.15) is 11.1 Å². The van der Waals surface area contributed by atoms with Crippen molar-refractivity contribution >= 4 is 57.9 Å². The second-order valence-corrected chi connectivity index (χ2v) is 7.35. The Morgan fingerprint density at radius 3 is 2.50 bits per heavy atom. The van der Waals surface area contributed by atoms with E-state index in [0.717, 1.165) is 21.9 Å². The standard InChI is InChI=1S/C20H16Cl2N2OS/c21-18-9-4-10-19(22)17(18)12-26-13-20(25)24-23-11-15-7-3-6-14-5-1-2-8-16(14)15/h1-11H,12-13H2,(H,24,25)/b23-11-. The molecule has 3 rings (SSSR count). The number of halogens is 2. The predicted molar refractivity (Wildman–Crippen MR) is 112 cm³/mol. The van der Waals surface area contributed by atoms with E-state index in [1.165, 1.54) is 11.8 Å². The minimum Gasteiger partial charge on any atom is -0.272 e. The number of amides is 1. The average molecular weight is 403 g/mol. The first-order valence-electron chi connectivity index (χ1n) is 7.95. The number of hydrazone groups is 1. The lowest BCUT2D eigenvalue weighted by molar-refractivity contribution is -0.118. The van der Waals surface area contributed by atoms with Crippen LogP contribution in [0.25, 0.3) is 10.8 Å². The summed E-state index contributed by atoms with van der Waals surface area (Å²) >= 11 is 13.7. The second kappa shape index (κ2) is 9.08. The number of thioether (sulfide) groups is 1. The molecular weight excluding hydrogens is 387 g/mol. The van der Waals surface area contributed by atoms with Gasteiger partial charge in [0.05, 0.1) is 12.0 Å². The number of nitrogens with zero attached hydrogens (tertiary/aromatic N) is 1. The molecule has 1 amide bonds. The quantitative estimate of drug-likeness (QED) is 0.434. The van der Waals surface area contributed by atoms with Crippen LogP contribution in [0.2, 0.25) is 10.0 Å². The van der Waals surface area contributed by atoms with E-state index in [0.29, 0.717) is 15.8 Å². The number of carbonyl (C=O) groups is 1. The number of benzene rings is 3. The minimum atomic E-state index is -0.172. The topological polar surface area (TPSA) is 41.5 Å². The SMILES string of the molecule is O=C(CSCc1c(Cl)cccc1Cl)N/N=C\c1cccc2ccccc12. The fourth-order valence-electron chi connectivity index (χ4n) is 2.49. The van der Waals surface area contributed by atoms with Crippen molar-refractivity contribution < 1.29 is 4.79 Å². The highest BCUT2D eigenvalue weighted by atomic mass is 35.5. The van der Waals surface area contributed by atoms with Crippen LogP contribution in [0, 0.1) is 0 Å². The first kappa shape index (κ1) is 18.8. The third-order valence-corrected chi connectivity index (χ3v) is 5.42. The lowest BCUT2D eigenvalue weighted by Crippen LogP contribution is -2.19. The monoisotopic (exact) mass is 402 g/mol. The van der Waals surface area contributed by atoms with E-state index < -0.39 is 0 Å². The van der Waals surface area contributed by atoms with Crippen LogP contribution in [0.3, 0.4) is 0 Å². The summed E-state index contributed by atoms with van der Waals surface area (Å²) in [4.78, 5) is 11.9. The van der Waals surface area contributed by atoms with Crippen molar-refractivity contribution in [3.8, 4) is 0 Å². The Labute approximate surface area is 166 Å². The third kappa shape index (κ3) is 4.79. The molecule has 0 unspecified atom stereocenters. The highest BCUT2D eigenvalue weighted by Gasteiger charge is 2.07. The third-order valence-electron chi connectivity index (χ3n) is 3.76. The molecule has 0 heterocycles. The number of nitrogens with one attached hydrogen (secondary N) is 1. The van der Waals surface area contributed by atoms with Gasteiger partial charge < -0.3 is 0 Å². The fraction of sp³-hybridized carbons (Fsp3) is 0.100. The molecular formula is C20H16Cl2N2OS. The van der Waals surface area contributed by atoms with Gasteiger partial charge >= 0.3 is 0 Å². The van der Waals surface area contributed by atoms with Gasteiger partial charge in [-0.1, -0.05) is 71.7 Å². The average Bonchev–Trinajstić information content (AvgIpc) is 2.64. The van der Waals surface area contributed by atoms with Crippen LogP contribution in [0.5, 0.6) is 0 Å². The maximum atomic E-state index is 11.9. The van der Waals surface area contributed by atoms with Crippen LogP contribution in [0.15, 0.2) is 65.8 Å². The molecule has 3 nitrogen and oxygen atoms in total. The first-order valence-corrected chi connectivity index (χ1v) is 9.86. The van der Waals surface area contributed by atoms with E-state index in [9.17, 15) is 4.79 Å². The van der Waals surface area contributed by atoms with Gasteiger partial charge in [-0.25, -0.2) is 5.43 Å². The van der Waals surface area contributed by atoms with Gasteiger partial charge in [-0.05, 0) is 28.5 Å². The Morgan fingerprint density at radius 1 is 1.00 bits per heavy atom.